The molecule has 3 nitrogen and oxygen atoms in total. The molecule has 114 valence electrons. The van der Waals surface area contributed by atoms with Crippen LogP contribution in [0.2, 0.25) is 0 Å². The van der Waals surface area contributed by atoms with Crippen LogP contribution in [-0.4, -0.2) is 13.2 Å². The van der Waals surface area contributed by atoms with Gasteiger partial charge in [0.2, 0.25) is 0 Å². The van der Waals surface area contributed by atoms with E-state index in [4.69, 9.17) is 15.2 Å². The predicted octanol–water partition coefficient (Wildman–Crippen LogP) is 3.79. The van der Waals surface area contributed by atoms with Crippen LogP contribution >= 0.6 is 11.3 Å². The first-order valence-electron chi connectivity index (χ1n) is 7.43. The molecule has 0 unspecified atom stereocenters. The van der Waals surface area contributed by atoms with Gasteiger partial charge in [0.1, 0.15) is 6.61 Å². The number of aryl methyl sites for hydroxylation is 1. The van der Waals surface area contributed by atoms with Crippen molar-refractivity contribution >= 4 is 11.3 Å². The maximum Gasteiger partial charge on any atom is 0.161 e. The molecule has 2 aromatic rings. The van der Waals surface area contributed by atoms with Gasteiger partial charge in [-0.3, -0.25) is 0 Å². The molecular formula is C17H23NO2S. The molecule has 0 atom stereocenters. The number of ether oxygens (including phenoxy) is 2. The second kappa shape index (κ2) is 8.05. The van der Waals surface area contributed by atoms with Gasteiger partial charge in [0.15, 0.2) is 11.5 Å². The number of rotatable bonds is 8. The number of benzene rings is 1. The Morgan fingerprint density at radius 3 is 2.48 bits per heavy atom. The third kappa shape index (κ3) is 4.48. The average Bonchev–Trinajstić information content (AvgIpc) is 2.95. The van der Waals surface area contributed by atoms with Crippen LogP contribution in [0.4, 0.5) is 0 Å². The standard InChI is InChI=1S/C17H23NO2S/c1-3-14-6-7-15(21-14)12-20-16-8-5-13(9-10-18)11-17(16)19-4-2/h5-8,11H,3-4,9-10,12,18H2,1-2H3. The summed E-state index contributed by atoms with van der Waals surface area (Å²) in [6.45, 7) is 6.00. The molecule has 1 heterocycles. The van der Waals surface area contributed by atoms with Crippen LogP contribution < -0.4 is 15.2 Å². The average molecular weight is 305 g/mol. The molecule has 4 heteroatoms. The van der Waals surface area contributed by atoms with Crippen LogP contribution in [0.25, 0.3) is 0 Å². The third-order valence-corrected chi connectivity index (χ3v) is 4.38. The molecule has 0 saturated carbocycles. The van der Waals surface area contributed by atoms with Crippen molar-refractivity contribution in [1.82, 2.24) is 0 Å². The van der Waals surface area contributed by atoms with E-state index in [-0.39, 0.29) is 0 Å². The van der Waals surface area contributed by atoms with E-state index in [1.165, 1.54) is 15.3 Å². The summed E-state index contributed by atoms with van der Waals surface area (Å²) in [6.07, 6.45) is 1.92. The number of hydrogen-bond donors (Lipinski definition) is 1. The molecule has 2 N–H and O–H groups in total. The molecular weight excluding hydrogens is 282 g/mol. The Balaban J connectivity index is 2.07. The van der Waals surface area contributed by atoms with Gasteiger partial charge in [0.05, 0.1) is 6.61 Å². The normalized spacial score (nSPS) is 10.6. The van der Waals surface area contributed by atoms with Gasteiger partial charge in [0.25, 0.3) is 0 Å². The molecule has 0 aliphatic rings. The zero-order chi connectivity index (χ0) is 15.1. The third-order valence-electron chi connectivity index (χ3n) is 3.18. The fourth-order valence-corrected chi connectivity index (χ4v) is 2.97. The largest absolute Gasteiger partial charge is 0.490 e. The number of hydrogen-bond acceptors (Lipinski definition) is 4. The van der Waals surface area contributed by atoms with Crippen molar-refractivity contribution in [3.63, 3.8) is 0 Å². The lowest BCUT2D eigenvalue weighted by molar-refractivity contribution is 0.271. The first-order valence-corrected chi connectivity index (χ1v) is 8.24. The van der Waals surface area contributed by atoms with Crippen molar-refractivity contribution < 1.29 is 9.47 Å². The molecule has 0 fully saturated rings. The van der Waals surface area contributed by atoms with E-state index in [0.29, 0.717) is 19.8 Å². The van der Waals surface area contributed by atoms with Gasteiger partial charge in [-0.15, -0.1) is 11.3 Å². The molecule has 1 aromatic heterocycles. The smallest absolute Gasteiger partial charge is 0.161 e. The van der Waals surface area contributed by atoms with Crippen LogP contribution in [0.3, 0.4) is 0 Å². The molecule has 21 heavy (non-hydrogen) atoms. The number of nitrogens with two attached hydrogens (primary N) is 1. The Labute approximate surface area is 130 Å². The summed E-state index contributed by atoms with van der Waals surface area (Å²) in [5.41, 5.74) is 6.78. The van der Waals surface area contributed by atoms with Gasteiger partial charge >= 0.3 is 0 Å². The maximum atomic E-state index is 5.92. The van der Waals surface area contributed by atoms with Gasteiger partial charge in [-0.2, -0.15) is 0 Å². The Bertz CT molecular complexity index is 566. The van der Waals surface area contributed by atoms with Gasteiger partial charge in [-0.1, -0.05) is 13.0 Å². The fraction of sp³-hybridized carbons (Fsp3) is 0.412. The minimum absolute atomic E-state index is 0.584. The van der Waals surface area contributed by atoms with Crippen LogP contribution in [0, 0.1) is 0 Å². The van der Waals surface area contributed by atoms with Crippen molar-refractivity contribution in [2.45, 2.75) is 33.3 Å². The predicted molar refractivity (Wildman–Crippen MR) is 88.4 cm³/mol. The van der Waals surface area contributed by atoms with Crippen LogP contribution in [0.1, 0.15) is 29.2 Å². The lowest BCUT2D eigenvalue weighted by atomic mass is 10.1. The van der Waals surface area contributed by atoms with Crippen molar-refractivity contribution in [3.05, 3.63) is 45.6 Å². The molecule has 0 bridgehead atoms. The fourth-order valence-electron chi connectivity index (χ4n) is 2.10. The first kappa shape index (κ1) is 15.9. The van der Waals surface area contributed by atoms with Crippen LogP contribution in [0.5, 0.6) is 11.5 Å². The van der Waals surface area contributed by atoms with E-state index < -0.39 is 0 Å². The molecule has 2 rings (SSSR count). The van der Waals surface area contributed by atoms with E-state index in [0.717, 1.165) is 24.3 Å². The molecule has 0 spiro atoms. The van der Waals surface area contributed by atoms with Crippen molar-refractivity contribution in [2.75, 3.05) is 13.2 Å². The van der Waals surface area contributed by atoms with E-state index in [1.54, 1.807) is 11.3 Å². The molecule has 0 aliphatic heterocycles. The highest BCUT2D eigenvalue weighted by atomic mass is 32.1. The topological polar surface area (TPSA) is 44.5 Å². The van der Waals surface area contributed by atoms with Gasteiger partial charge in [-0.05, 0) is 56.1 Å². The Morgan fingerprint density at radius 1 is 1.00 bits per heavy atom. The van der Waals surface area contributed by atoms with E-state index in [1.807, 2.05) is 19.1 Å². The second-order valence-corrected chi connectivity index (χ2v) is 6.02. The highest BCUT2D eigenvalue weighted by Crippen LogP contribution is 2.30. The van der Waals surface area contributed by atoms with Crippen molar-refractivity contribution in [3.8, 4) is 11.5 Å². The van der Waals surface area contributed by atoms with Crippen LogP contribution in [-0.2, 0) is 19.4 Å². The molecule has 0 saturated heterocycles. The summed E-state index contributed by atoms with van der Waals surface area (Å²) in [5.74, 6) is 1.60. The minimum atomic E-state index is 0.584. The Kier molecular flexibility index (Phi) is 6.08. The SMILES string of the molecule is CCOc1cc(CCN)ccc1OCc1ccc(CC)s1. The second-order valence-electron chi connectivity index (χ2n) is 4.76. The quantitative estimate of drug-likeness (QED) is 0.807. The first-order chi connectivity index (χ1) is 10.3. The summed E-state index contributed by atoms with van der Waals surface area (Å²) < 4.78 is 11.6. The lowest BCUT2D eigenvalue weighted by Crippen LogP contribution is -2.04. The summed E-state index contributed by atoms with van der Waals surface area (Å²) >= 11 is 1.80. The summed E-state index contributed by atoms with van der Waals surface area (Å²) in [6, 6.07) is 10.3. The summed E-state index contributed by atoms with van der Waals surface area (Å²) in [7, 11) is 0. The zero-order valence-electron chi connectivity index (χ0n) is 12.7. The summed E-state index contributed by atoms with van der Waals surface area (Å²) in [4.78, 5) is 2.62. The van der Waals surface area contributed by atoms with Crippen molar-refractivity contribution in [1.29, 1.82) is 0 Å². The van der Waals surface area contributed by atoms with Crippen LogP contribution in [0.15, 0.2) is 30.3 Å². The molecule has 1 aromatic carbocycles. The van der Waals surface area contributed by atoms with Gasteiger partial charge in [0, 0.05) is 9.75 Å². The monoisotopic (exact) mass is 305 g/mol. The number of thiophene rings is 1. The Morgan fingerprint density at radius 2 is 1.81 bits per heavy atom. The zero-order valence-corrected chi connectivity index (χ0v) is 13.5. The summed E-state index contributed by atoms with van der Waals surface area (Å²) in [5, 5.41) is 0. The highest BCUT2D eigenvalue weighted by Gasteiger charge is 2.08. The lowest BCUT2D eigenvalue weighted by Gasteiger charge is -2.12. The molecule has 0 aliphatic carbocycles. The van der Waals surface area contributed by atoms with Crippen molar-refractivity contribution in [2.24, 2.45) is 5.73 Å². The van der Waals surface area contributed by atoms with E-state index >= 15 is 0 Å². The maximum absolute atomic E-state index is 5.92. The minimum Gasteiger partial charge on any atom is -0.490 e. The van der Waals surface area contributed by atoms with Gasteiger partial charge in [-0.25, -0.2) is 0 Å². The highest BCUT2D eigenvalue weighted by molar-refractivity contribution is 7.11. The van der Waals surface area contributed by atoms with E-state index in [2.05, 4.69) is 25.1 Å². The molecule has 0 amide bonds. The Hall–Kier alpha value is -1.52. The molecule has 0 radical (unpaired) electrons. The van der Waals surface area contributed by atoms with E-state index in [9.17, 15) is 0 Å². The van der Waals surface area contributed by atoms with Gasteiger partial charge < -0.3 is 15.2 Å².